The highest BCUT2D eigenvalue weighted by Crippen LogP contribution is 2.22. The molecule has 2 aromatic carbocycles. The van der Waals surface area contributed by atoms with Crippen LogP contribution in [0, 0.1) is 11.3 Å². The number of ether oxygens (including phenoxy) is 1. The summed E-state index contributed by atoms with van der Waals surface area (Å²) in [6.45, 7) is 3.42. The van der Waals surface area contributed by atoms with E-state index in [0.717, 1.165) is 41.9 Å². The molecule has 1 heterocycles. The van der Waals surface area contributed by atoms with E-state index in [0.29, 0.717) is 5.57 Å². The third kappa shape index (κ3) is 4.01. The summed E-state index contributed by atoms with van der Waals surface area (Å²) in [6, 6.07) is 18.4. The maximum atomic E-state index is 9.42. The minimum Gasteiger partial charge on any atom is -0.378 e. The fourth-order valence-electron chi connectivity index (χ4n) is 2.58. The van der Waals surface area contributed by atoms with Crippen LogP contribution in [0.5, 0.6) is 0 Å². The van der Waals surface area contributed by atoms with Crippen molar-refractivity contribution in [2.45, 2.75) is 0 Å². The number of halogens is 1. The Hall–Kier alpha value is -2.09. The van der Waals surface area contributed by atoms with Gasteiger partial charge < -0.3 is 9.64 Å². The van der Waals surface area contributed by atoms with E-state index in [2.05, 4.69) is 51.2 Å². The van der Waals surface area contributed by atoms with E-state index in [4.69, 9.17) is 4.74 Å². The second kappa shape index (κ2) is 7.45. The summed E-state index contributed by atoms with van der Waals surface area (Å²) in [6.07, 6.45) is 1.92. The average Bonchev–Trinajstić information content (AvgIpc) is 2.62. The van der Waals surface area contributed by atoms with Gasteiger partial charge in [-0.25, -0.2) is 0 Å². The van der Waals surface area contributed by atoms with Gasteiger partial charge in [-0.1, -0.05) is 40.2 Å². The van der Waals surface area contributed by atoms with E-state index in [1.165, 1.54) is 5.69 Å². The maximum Gasteiger partial charge on any atom is 0.0998 e. The van der Waals surface area contributed by atoms with Gasteiger partial charge in [0.1, 0.15) is 0 Å². The van der Waals surface area contributed by atoms with Crippen LogP contribution < -0.4 is 4.90 Å². The zero-order valence-corrected chi connectivity index (χ0v) is 14.3. The molecule has 3 nitrogen and oxygen atoms in total. The Morgan fingerprint density at radius 1 is 1.04 bits per heavy atom. The van der Waals surface area contributed by atoms with Gasteiger partial charge in [-0.3, -0.25) is 0 Å². The molecule has 0 atom stereocenters. The number of benzene rings is 2. The lowest BCUT2D eigenvalue weighted by Crippen LogP contribution is -2.36. The third-order valence-corrected chi connectivity index (χ3v) is 4.38. The number of nitriles is 1. The van der Waals surface area contributed by atoms with Crippen LogP contribution in [0.15, 0.2) is 53.0 Å². The fourth-order valence-corrected chi connectivity index (χ4v) is 2.84. The Labute approximate surface area is 144 Å². The van der Waals surface area contributed by atoms with Crippen molar-refractivity contribution in [3.8, 4) is 6.07 Å². The summed E-state index contributed by atoms with van der Waals surface area (Å²) >= 11 is 3.41. The van der Waals surface area contributed by atoms with Gasteiger partial charge in [0.15, 0.2) is 0 Å². The summed E-state index contributed by atoms with van der Waals surface area (Å²) in [4.78, 5) is 2.32. The molecule has 3 rings (SSSR count). The second-order valence-electron chi connectivity index (χ2n) is 5.37. The highest BCUT2D eigenvalue weighted by atomic mass is 79.9. The fraction of sp³-hybridized carbons (Fsp3) is 0.211. The highest BCUT2D eigenvalue weighted by Gasteiger charge is 2.10. The van der Waals surface area contributed by atoms with Crippen LogP contribution in [0.3, 0.4) is 0 Å². The molecule has 0 aromatic heterocycles. The molecule has 0 bridgehead atoms. The molecule has 0 saturated carbocycles. The summed E-state index contributed by atoms with van der Waals surface area (Å²) < 4.78 is 6.39. The van der Waals surface area contributed by atoms with Crippen molar-refractivity contribution < 1.29 is 4.74 Å². The zero-order chi connectivity index (χ0) is 16.1. The number of allylic oxidation sites excluding steroid dienone is 1. The van der Waals surface area contributed by atoms with Crippen LogP contribution in [0.4, 0.5) is 5.69 Å². The quantitative estimate of drug-likeness (QED) is 0.596. The molecule has 1 aliphatic rings. The predicted octanol–water partition coefficient (Wildman–Crippen LogP) is 4.35. The Kier molecular flexibility index (Phi) is 5.12. The number of anilines is 1. The van der Waals surface area contributed by atoms with Gasteiger partial charge in [0.2, 0.25) is 0 Å². The molecule has 116 valence electrons. The van der Waals surface area contributed by atoms with Crippen molar-refractivity contribution in [1.29, 1.82) is 5.26 Å². The first kappa shape index (κ1) is 15.8. The molecule has 1 saturated heterocycles. The van der Waals surface area contributed by atoms with E-state index in [9.17, 15) is 5.26 Å². The Morgan fingerprint density at radius 2 is 1.70 bits per heavy atom. The Balaban J connectivity index is 1.80. The largest absolute Gasteiger partial charge is 0.378 e. The van der Waals surface area contributed by atoms with Gasteiger partial charge in [0, 0.05) is 23.2 Å². The van der Waals surface area contributed by atoms with E-state index in [1.807, 2.05) is 30.3 Å². The number of rotatable bonds is 3. The van der Waals surface area contributed by atoms with Crippen molar-refractivity contribution in [3.63, 3.8) is 0 Å². The lowest BCUT2D eigenvalue weighted by molar-refractivity contribution is 0.122. The molecule has 0 radical (unpaired) electrons. The molecule has 0 aliphatic carbocycles. The van der Waals surface area contributed by atoms with Gasteiger partial charge in [-0.15, -0.1) is 0 Å². The zero-order valence-electron chi connectivity index (χ0n) is 12.7. The summed E-state index contributed by atoms with van der Waals surface area (Å²) in [5.41, 5.74) is 3.82. The Morgan fingerprint density at radius 3 is 2.30 bits per heavy atom. The first-order valence-corrected chi connectivity index (χ1v) is 8.36. The minimum atomic E-state index is 0.664. The first-order chi connectivity index (χ1) is 11.3. The van der Waals surface area contributed by atoms with Crippen molar-refractivity contribution in [2.24, 2.45) is 0 Å². The van der Waals surface area contributed by atoms with Crippen molar-refractivity contribution in [2.75, 3.05) is 31.2 Å². The van der Waals surface area contributed by atoms with Gasteiger partial charge in [-0.2, -0.15) is 5.26 Å². The smallest absolute Gasteiger partial charge is 0.0998 e. The second-order valence-corrected chi connectivity index (χ2v) is 6.28. The molecule has 23 heavy (non-hydrogen) atoms. The molecule has 1 aliphatic heterocycles. The normalized spacial score (nSPS) is 15.3. The van der Waals surface area contributed by atoms with E-state index in [1.54, 1.807) is 0 Å². The average molecular weight is 369 g/mol. The molecule has 0 spiro atoms. The van der Waals surface area contributed by atoms with Gasteiger partial charge in [0.25, 0.3) is 0 Å². The summed E-state index contributed by atoms with van der Waals surface area (Å²) in [7, 11) is 0. The van der Waals surface area contributed by atoms with Gasteiger partial charge in [0.05, 0.1) is 24.9 Å². The van der Waals surface area contributed by atoms with Crippen LogP contribution >= 0.6 is 15.9 Å². The minimum absolute atomic E-state index is 0.664. The van der Waals surface area contributed by atoms with Gasteiger partial charge >= 0.3 is 0 Å². The highest BCUT2D eigenvalue weighted by molar-refractivity contribution is 9.10. The number of nitrogens with zero attached hydrogens (tertiary/aromatic N) is 2. The lowest BCUT2D eigenvalue weighted by atomic mass is 10.0. The molecule has 0 amide bonds. The lowest BCUT2D eigenvalue weighted by Gasteiger charge is -2.28. The number of hydrogen-bond donors (Lipinski definition) is 0. The molecular formula is C19H17BrN2O. The maximum absolute atomic E-state index is 9.42. The number of morpholine rings is 1. The molecule has 4 heteroatoms. The standard InChI is InChI=1S/C19H17BrN2O/c20-18-5-3-16(4-6-18)17(14-21)13-15-1-7-19(8-2-15)22-9-11-23-12-10-22/h1-8,13H,9-12H2/b17-13+. The first-order valence-electron chi connectivity index (χ1n) is 7.57. The molecular weight excluding hydrogens is 352 g/mol. The van der Waals surface area contributed by atoms with E-state index in [-0.39, 0.29) is 0 Å². The molecule has 0 unspecified atom stereocenters. The van der Waals surface area contributed by atoms with E-state index >= 15 is 0 Å². The SMILES string of the molecule is N#C/C(=C\c1ccc(N2CCOCC2)cc1)c1ccc(Br)cc1. The molecule has 2 aromatic rings. The molecule has 0 N–H and O–H groups in total. The number of hydrogen-bond acceptors (Lipinski definition) is 3. The van der Waals surface area contributed by atoms with Crippen molar-refractivity contribution >= 4 is 33.3 Å². The van der Waals surface area contributed by atoms with Crippen molar-refractivity contribution in [1.82, 2.24) is 0 Å². The summed E-state index contributed by atoms with van der Waals surface area (Å²) in [5.74, 6) is 0. The van der Waals surface area contributed by atoms with Crippen LogP contribution in [-0.4, -0.2) is 26.3 Å². The van der Waals surface area contributed by atoms with Crippen LogP contribution in [-0.2, 0) is 4.74 Å². The van der Waals surface area contributed by atoms with Gasteiger partial charge in [-0.05, 0) is 41.5 Å². The van der Waals surface area contributed by atoms with E-state index < -0.39 is 0 Å². The summed E-state index contributed by atoms with van der Waals surface area (Å²) in [5, 5.41) is 9.42. The Bertz CT molecular complexity index is 723. The third-order valence-electron chi connectivity index (χ3n) is 3.86. The van der Waals surface area contributed by atoms with Crippen molar-refractivity contribution in [3.05, 3.63) is 64.1 Å². The topological polar surface area (TPSA) is 36.3 Å². The van der Waals surface area contributed by atoms with Crippen LogP contribution in [0.25, 0.3) is 11.6 Å². The monoisotopic (exact) mass is 368 g/mol. The predicted molar refractivity (Wildman–Crippen MR) is 97.1 cm³/mol. The van der Waals surface area contributed by atoms with Crippen LogP contribution in [0.1, 0.15) is 11.1 Å². The van der Waals surface area contributed by atoms with Crippen LogP contribution in [0.2, 0.25) is 0 Å². The molecule has 1 fully saturated rings.